The fourth-order valence-corrected chi connectivity index (χ4v) is 1.98. The number of nitrogens with zero attached hydrogens (tertiary/aromatic N) is 2. The largest absolute Gasteiger partial charge is 0.491 e. The second-order valence-corrected chi connectivity index (χ2v) is 4.00. The van der Waals surface area contributed by atoms with Crippen LogP contribution in [0.25, 0.3) is 11.3 Å². The van der Waals surface area contributed by atoms with E-state index in [0.717, 1.165) is 11.3 Å². The van der Waals surface area contributed by atoms with Crippen molar-refractivity contribution in [3.63, 3.8) is 0 Å². The van der Waals surface area contributed by atoms with Crippen LogP contribution >= 0.6 is 0 Å². The van der Waals surface area contributed by atoms with Crippen molar-refractivity contribution in [1.29, 1.82) is 0 Å². The summed E-state index contributed by atoms with van der Waals surface area (Å²) in [6.07, 6.45) is 1.41. The van der Waals surface area contributed by atoms with Crippen LogP contribution in [-0.2, 0) is 0 Å². The molecule has 2 heterocycles. The molecule has 0 saturated carbocycles. The summed E-state index contributed by atoms with van der Waals surface area (Å²) >= 11 is 0. The topological polar surface area (TPSA) is 79.5 Å². The zero-order valence-electron chi connectivity index (χ0n) is 10.4. The minimum atomic E-state index is 0.308. The van der Waals surface area contributed by atoms with Crippen LogP contribution in [0.3, 0.4) is 0 Å². The third-order valence-electron chi connectivity index (χ3n) is 2.85. The lowest BCUT2D eigenvalue weighted by atomic mass is 10.1. The van der Waals surface area contributed by atoms with Crippen LogP contribution in [-0.4, -0.2) is 30.3 Å². The van der Waals surface area contributed by atoms with Crippen molar-refractivity contribution in [2.75, 3.05) is 26.1 Å². The first kappa shape index (κ1) is 11.6. The summed E-state index contributed by atoms with van der Waals surface area (Å²) in [5.41, 5.74) is 7.25. The molecular formula is C13H13N3O3. The van der Waals surface area contributed by atoms with E-state index in [2.05, 4.69) is 9.97 Å². The Hall–Kier alpha value is -2.50. The van der Waals surface area contributed by atoms with Crippen LogP contribution in [0.5, 0.6) is 17.2 Å². The molecule has 3 rings (SSSR count). The van der Waals surface area contributed by atoms with Crippen molar-refractivity contribution in [3.8, 4) is 28.5 Å². The van der Waals surface area contributed by atoms with Crippen LogP contribution in [0, 0.1) is 0 Å². The number of hydrogen-bond acceptors (Lipinski definition) is 6. The summed E-state index contributed by atoms with van der Waals surface area (Å²) < 4.78 is 16.3. The van der Waals surface area contributed by atoms with Crippen molar-refractivity contribution in [3.05, 3.63) is 24.5 Å². The highest BCUT2D eigenvalue weighted by Gasteiger charge is 2.16. The maximum Gasteiger partial charge on any atom is 0.187 e. The third-order valence-corrected chi connectivity index (χ3v) is 2.85. The normalized spacial score (nSPS) is 13.1. The summed E-state index contributed by atoms with van der Waals surface area (Å²) in [5, 5.41) is 0. The first-order valence-corrected chi connectivity index (χ1v) is 5.84. The predicted octanol–water partition coefficient (Wildman–Crippen LogP) is 1.51. The van der Waals surface area contributed by atoms with E-state index in [1.165, 1.54) is 13.4 Å². The van der Waals surface area contributed by atoms with E-state index in [4.69, 9.17) is 19.9 Å². The molecule has 1 aliphatic rings. The molecule has 2 N–H and O–H groups in total. The number of nitrogens with two attached hydrogens (primary N) is 1. The molecule has 0 atom stereocenters. The van der Waals surface area contributed by atoms with Gasteiger partial charge in [0, 0.05) is 5.56 Å². The Labute approximate surface area is 110 Å². The van der Waals surface area contributed by atoms with Crippen LogP contribution in [0.15, 0.2) is 24.5 Å². The summed E-state index contributed by atoms with van der Waals surface area (Å²) in [6.45, 7) is 1.11. The summed E-state index contributed by atoms with van der Waals surface area (Å²) in [6, 6.07) is 5.60. The minimum Gasteiger partial charge on any atom is -0.491 e. The lowest BCUT2D eigenvalue weighted by molar-refractivity contribution is 0.171. The maximum atomic E-state index is 5.77. The lowest BCUT2D eigenvalue weighted by Gasteiger charge is -2.19. The molecule has 1 aromatic heterocycles. The number of methoxy groups -OCH3 is 1. The van der Waals surface area contributed by atoms with E-state index in [-0.39, 0.29) is 0 Å². The first-order valence-electron chi connectivity index (χ1n) is 5.84. The van der Waals surface area contributed by atoms with Gasteiger partial charge in [-0.25, -0.2) is 9.97 Å². The van der Waals surface area contributed by atoms with Gasteiger partial charge in [-0.3, -0.25) is 0 Å². The van der Waals surface area contributed by atoms with Gasteiger partial charge in [0.25, 0.3) is 0 Å². The smallest absolute Gasteiger partial charge is 0.187 e. The molecule has 98 valence electrons. The van der Waals surface area contributed by atoms with Gasteiger partial charge >= 0.3 is 0 Å². The van der Waals surface area contributed by atoms with E-state index in [0.29, 0.717) is 36.2 Å². The molecule has 0 aliphatic carbocycles. The fraction of sp³-hybridized carbons (Fsp3) is 0.231. The van der Waals surface area contributed by atoms with Crippen LogP contribution in [0.1, 0.15) is 0 Å². The van der Waals surface area contributed by atoms with Gasteiger partial charge in [-0.05, 0) is 18.2 Å². The number of ether oxygens (including phenoxy) is 3. The van der Waals surface area contributed by atoms with Crippen molar-refractivity contribution in [2.45, 2.75) is 0 Å². The third kappa shape index (κ3) is 2.01. The number of benzene rings is 1. The monoisotopic (exact) mass is 259 g/mol. The number of fused-ring (bicyclic) bond motifs is 1. The molecule has 0 spiro atoms. The standard InChI is InChI=1S/C13H13N3O3/c1-17-12-11(15-7-16-13(12)14)8-2-3-9-10(6-8)19-5-4-18-9/h2-3,6-7H,4-5H2,1H3,(H2,14,15,16). The lowest BCUT2D eigenvalue weighted by Crippen LogP contribution is -2.15. The fourth-order valence-electron chi connectivity index (χ4n) is 1.98. The molecule has 0 amide bonds. The minimum absolute atomic E-state index is 0.308. The van der Waals surface area contributed by atoms with Gasteiger partial charge in [-0.1, -0.05) is 0 Å². The van der Waals surface area contributed by atoms with Crippen molar-refractivity contribution in [1.82, 2.24) is 9.97 Å². The highest BCUT2D eigenvalue weighted by atomic mass is 16.6. The molecule has 0 bridgehead atoms. The summed E-state index contributed by atoms with van der Waals surface area (Å²) in [7, 11) is 1.54. The number of anilines is 1. The van der Waals surface area contributed by atoms with Crippen LogP contribution in [0.4, 0.5) is 5.82 Å². The Morgan fingerprint density at radius 3 is 2.74 bits per heavy atom. The molecule has 1 aliphatic heterocycles. The van der Waals surface area contributed by atoms with Gasteiger partial charge in [0.05, 0.1) is 7.11 Å². The van der Waals surface area contributed by atoms with Crippen molar-refractivity contribution >= 4 is 5.82 Å². The molecule has 0 radical (unpaired) electrons. The number of hydrogen-bond donors (Lipinski definition) is 1. The number of aromatic nitrogens is 2. The van der Waals surface area contributed by atoms with Gasteiger partial charge in [0.2, 0.25) is 0 Å². The average molecular weight is 259 g/mol. The Bertz CT molecular complexity index is 616. The average Bonchev–Trinajstić information content (AvgIpc) is 2.46. The second-order valence-electron chi connectivity index (χ2n) is 4.00. The molecule has 0 unspecified atom stereocenters. The van der Waals surface area contributed by atoms with E-state index in [1.54, 1.807) is 0 Å². The zero-order chi connectivity index (χ0) is 13.2. The number of nitrogen functional groups attached to an aromatic ring is 1. The highest BCUT2D eigenvalue weighted by molar-refractivity contribution is 5.73. The van der Waals surface area contributed by atoms with E-state index < -0.39 is 0 Å². The second kappa shape index (κ2) is 4.64. The van der Waals surface area contributed by atoms with Gasteiger partial charge < -0.3 is 19.9 Å². The van der Waals surface area contributed by atoms with Crippen molar-refractivity contribution < 1.29 is 14.2 Å². The van der Waals surface area contributed by atoms with Crippen LogP contribution in [0.2, 0.25) is 0 Å². The van der Waals surface area contributed by atoms with Gasteiger partial charge in [0.1, 0.15) is 25.2 Å². The zero-order valence-corrected chi connectivity index (χ0v) is 10.4. The predicted molar refractivity (Wildman–Crippen MR) is 69.4 cm³/mol. The Balaban J connectivity index is 2.09. The van der Waals surface area contributed by atoms with E-state index in [1.807, 2.05) is 18.2 Å². The SMILES string of the molecule is COc1c(N)ncnc1-c1ccc2c(c1)OCCO2. The summed E-state index contributed by atoms with van der Waals surface area (Å²) in [4.78, 5) is 8.13. The quantitative estimate of drug-likeness (QED) is 0.880. The molecule has 0 fully saturated rings. The first-order chi connectivity index (χ1) is 9.29. The molecule has 1 aromatic carbocycles. The van der Waals surface area contributed by atoms with Gasteiger partial charge in [-0.2, -0.15) is 0 Å². The summed E-state index contributed by atoms with van der Waals surface area (Å²) in [5.74, 6) is 2.19. The van der Waals surface area contributed by atoms with Gasteiger partial charge in [-0.15, -0.1) is 0 Å². The molecule has 19 heavy (non-hydrogen) atoms. The Morgan fingerprint density at radius 2 is 1.95 bits per heavy atom. The molecule has 2 aromatic rings. The highest BCUT2D eigenvalue weighted by Crippen LogP contribution is 2.37. The van der Waals surface area contributed by atoms with Crippen LogP contribution < -0.4 is 19.9 Å². The Morgan fingerprint density at radius 1 is 1.16 bits per heavy atom. The van der Waals surface area contributed by atoms with E-state index in [9.17, 15) is 0 Å². The Kier molecular flexibility index (Phi) is 2.83. The number of rotatable bonds is 2. The maximum absolute atomic E-state index is 5.77. The molecule has 6 nitrogen and oxygen atoms in total. The van der Waals surface area contributed by atoms with E-state index >= 15 is 0 Å². The molecule has 6 heteroatoms. The van der Waals surface area contributed by atoms with Gasteiger partial charge in [0.15, 0.2) is 23.1 Å². The van der Waals surface area contributed by atoms with Crippen molar-refractivity contribution in [2.24, 2.45) is 0 Å². The molecule has 0 saturated heterocycles. The molecular weight excluding hydrogens is 246 g/mol.